The van der Waals surface area contributed by atoms with Gasteiger partial charge in [0.05, 0.1) is 28.6 Å². The van der Waals surface area contributed by atoms with Crippen LogP contribution in [-0.2, 0) is 11.0 Å². The number of rotatable bonds is 10. The van der Waals surface area contributed by atoms with Crippen molar-refractivity contribution in [2.24, 2.45) is 5.41 Å². The summed E-state index contributed by atoms with van der Waals surface area (Å²) in [6.07, 6.45) is -3.47. The Labute approximate surface area is 233 Å². The van der Waals surface area contributed by atoms with E-state index in [2.05, 4.69) is 9.88 Å². The molecule has 1 fully saturated rings. The predicted octanol–water partition coefficient (Wildman–Crippen LogP) is 7.67. The quantitative estimate of drug-likeness (QED) is 0.195. The zero-order chi connectivity index (χ0) is 28.2. The lowest BCUT2D eigenvalue weighted by Gasteiger charge is -2.39. The molecule has 4 rings (SSSR count). The smallest absolute Gasteiger partial charge is 0.416 e. The summed E-state index contributed by atoms with van der Waals surface area (Å²) in [5.74, 6) is 0.279. The molecule has 210 valence electrons. The average molecular weight is 585 g/mol. The number of aromatic nitrogens is 1. The molecule has 0 bridgehead atoms. The minimum absolute atomic E-state index is 0.00607. The third kappa shape index (κ3) is 6.96. The summed E-state index contributed by atoms with van der Waals surface area (Å²) in [7, 11) is 1.52. The second kappa shape index (κ2) is 12.3. The summed E-state index contributed by atoms with van der Waals surface area (Å²) in [5.41, 5.74) is -0.844. The lowest BCUT2D eigenvalue weighted by atomic mass is 9.74. The normalized spacial score (nSPS) is 16.8. The molecule has 1 N–H and O–H groups in total. The van der Waals surface area contributed by atoms with Crippen molar-refractivity contribution in [3.05, 3.63) is 64.8 Å². The number of nitrogens with zero attached hydrogens (tertiary/aromatic N) is 2. The molecule has 5 nitrogen and oxygen atoms in total. The number of fused-ring (bicyclic) bond motifs is 1. The fraction of sp³-hybridized carbons (Fsp3) is 0.429. The number of thioether (sulfide) groups is 1. The molecule has 0 saturated carbocycles. The van der Waals surface area contributed by atoms with Crippen molar-refractivity contribution in [2.75, 3.05) is 32.5 Å². The van der Waals surface area contributed by atoms with Crippen molar-refractivity contribution in [3.8, 4) is 5.75 Å². The molecular weight excluding hydrogens is 556 g/mol. The van der Waals surface area contributed by atoms with Crippen molar-refractivity contribution in [1.29, 1.82) is 0 Å². The number of hydrogen-bond acceptors (Lipinski definition) is 5. The van der Waals surface area contributed by atoms with Gasteiger partial charge in [0.25, 0.3) is 0 Å². The number of piperidine rings is 1. The highest BCUT2D eigenvalue weighted by molar-refractivity contribution is 7.99. The Bertz CT molecular complexity index is 1300. The molecule has 0 aliphatic carbocycles. The molecule has 2 aromatic carbocycles. The molecule has 2 heterocycles. The lowest BCUT2D eigenvalue weighted by molar-refractivity contribution is -0.153. The van der Waals surface area contributed by atoms with Gasteiger partial charge in [-0.2, -0.15) is 13.2 Å². The van der Waals surface area contributed by atoms with Crippen molar-refractivity contribution in [2.45, 2.75) is 42.9 Å². The molecule has 0 amide bonds. The van der Waals surface area contributed by atoms with E-state index >= 15 is 4.39 Å². The zero-order valence-electron chi connectivity index (χ0n) is 21.3. The van der Waals surface area contributed by atoms with Crippen molar-refractivity contribution in [1.82, 2.24) is 9.88 Å². The molecule has 3 aromatic rings. The number of benzene rings is 2. The van der Waals surface area contributed by atoms with Gasteiger partial charge in [0.1, 0.15) is 11.9 Å². The standard InChI is InChI=1S/C28H29ClF4N2O3S/c1-38-19-4-7-24-21(16-19)25(22(29)17-34-24)23(30)8-9-27(26(36)37)10-12-35(13-11-27)14-15-39-20-5-2-18(3-6-20)28(31,32)33/h2-7,16-17,23H,8-15H2,1H3,(H,36,37)/t23-/m1/s1. The monoisotopic (exact) mass is 584 g/mol. The maximum Gasteiger partial charge on any atom is 0.416 e. The van der Waals surface area contributed by atoms with Gasteiger partial charge in [0.15, 0.2) is 0 Å². The first-order valence-corrected chi connectivity index (χ1v) is 13.9. The first kappa shape index (κ1) is 29.4. The highest BCUT2D eigenvalue weighted by Gasteiger charge is 2.41. The van der Waals surface area contributed by atoms with Crippen LogP contribution in [0.25, 0.3) is 10.9 Å². The lowest BCUT2D eigenvalue weighted by Crippen LogP contribution is -2.45. The van der Waals surface area contributed by atoms with E-state index in [-0.39, 0.29) is 17.9 Å². The Kier molecular flexibility index (Phi) is 9.29. The molecule has 1 aromatic heterocycles. The molecule has 0 unspecified atom stereocenters. The number of carbonyl (C=O) groups is 1. The maximum absolute atomic E-state index is 15.6. The van der Waals surface area contributed by atoms with Crippen LogP contribution in [0.3, 0.4) is 0 Å². The predicted molar refractivity (Wildman–Crippen MR) is 144 cm³/mol. The van der Waals surface area contributed by atoms with Gasteiger partial charge < -0.3 is 14.7 Å². The van der Waals surface area contributed by atoms with Crippen LogP contribution in [0.4, 0.5) is 17.6 Å². The summed E-state index contributed by atoms with van der Waals surface area (Å²) in [5, 5.41) is 10.8. The molecular formula is C28H29ClF4N2O3S. The second-order valence-electron chi connectivity index (χ2n) is 9.71. The number of carboxylic acid groups (broad SMARTS) is 1. The van der Waals surface area contributed by atoms with Gasteiger partial charge in [-0.15, -0.1) is 11.8 Å². The topological polar surface area (TPSA) is 62.7 Å². The molecule has 11 heteroatoms. The number of halogens is 5. The van der Waals surface area contributed by atoms with E-state index in [0.717, 1.165) is 17.0 Å². The number of methoxy groups -OCH3 is 1. The SMILES string of the molecule is COc1ccc2ncc(Cl)c([C@H](F)CCC3(C(=O)O)CCN(CCSc4ccc(C(F)(F)F)cc4)CC3)c2c1. The van der Waals surface area contributed by atoms with E-state index in [1.807, 2.05) is 0 Å². The second-order valence-corrected chi connectivity index (χ2v) is 11.3. The van der Waals surface area contributed by atoms with Crippen LogP contribution in [-0.4, -0.2) is 53.5 Å². The molecule has 1 saturated heterocycles. The van der Waals surface area contributed by atoms with Gasteiger partial charge in [-0.3, -0.25) is 9.78 Å². The van der Waals surface area contributed by atoms with Crippen LogP contribution >= 0.6 is 23.4 Å². The molecule has 1 aliphatic heterocycles. The van der Waals surface area contributed by atoms with Crippen LogP contribution in [0.15, 0.2) is 53.6 Å². The fourth-order valence-corrected chi connectivity index (χ4v) is 6.15. The fourth-order valence-electron chi connectivity index (χ4n) is 4.97. The highest BCUT2D eigenvalue weighted by atomic mass is 35.5. The van der Waals surface area contributed by atoms with Gasteiger partial charge >= 0.3 is 12.1 Å². The van der Waals surface area contributed by atoms with Crippen molar-refractivity contribution in [3.63, 3.8) is 0 Å². The first-order chi connectivity index (χ1) is 18.5. The summed E-state index contributed by atoms with van der Waals surface area (Å²) >= 11 is 7.79. The number of pyridine rings is 1. The minimum atomic E-state index is -4.36. The van der Waals surface area contributed by atoms with Gasteiger partial charge in [-0.25, -0.2) is 4.39 Å². The van der Waals surface area contributed by atoms with Crippen LogP contribution in [0, 0.1) is 5.41 Å². The van der Waals surface area contributed by atoms with Gasteiger partial charge in [0.2, 0.25) is 0 Å². The molecule has 1 aliphatic rings. The van der Waals surface area contributed by atoms with Crippen LogP contribution < -0.4 is 4.74 Å². The number of ether oxygens (including phenoxy) is 1. The Hall–Kier alpha value is -2.56. The Morgan fingerprint density at radius 3 is 2.51 bits per heavy atom. The summed E-state index contributed by atoms with van der Waals surface area (Å²) in [6, 6.07) is 10.2. The van der Waals surface area contributed by atoms with E-state index in [1.165, 1.54) is 37.2 Å². The van der Waals surface area contributed by atoms with E-state index in [4.69, 9.17) is 16.3 Å². The Morgan fingerprint density at radius 2 is 1.90 bits per heavy atom. The largest absolute Gasteiger partial charge is 0.497 e. The number of aliphatic carboxylic acids is 1. The van der Waals surface area contributed by atoms with Crippen molar-refractivity contribution >= 4 is 40.2 Å². The average Bonchev–Trinajstić information content (AvgIpc) is 2.91. The Morgan fingerprint density at radius 1 is 1.21 bits per heavy atom. The van der Waals surface area contributed by atoms with Crippen LogP contribution in [0.5, 0.6) is 5.75 Å². The third-order valence-corrected chi connectivity index (χ3v) is 8.68. The van der Waals surface area contributed by atoms with E-state index < -0.39 is 29.3 Å². The first-order valence-electron chi connectivity index (χ1n) is 12.5. The van der Waals surface area contributed by atoms with E-state index in [1.54, 1.807) is 18.2 Å². The van der Waals surface area contributed by atoms with Crippen LogP contribution in [0.2, 0.25) is 5.02 Å². The third-order valence-electron chi connectivity index (χ3n) is 7.38. The van der Waals surface area contributed by atoms with Crippen molar-refractivity contribution < 1.29 is 32.2 Å². The summed E-state index contributed by atoms with van der Waals surface area (Å²) < 4.78 is 59.1. The summed E-state index contributed by atoms with van der Waals surface area (Å²) in [4.78, 5) is 19.5. The number of alkyl halides is 4. The molecule has 0 spiro atoms. The van der Waals surface area contributed by atoms with Gasteiger partial charge in [0, 0.05) is 34.3 Å². The molecule has 1 atom stereocenters. The van der Waals surface area contributed by atoms with Crippen LogP contribution in [0.1, 0.15) is 43.0 Å². The number of carboxylic acids is 1. The molecule has 39 heavy (non-hydrogen) atoms. The van der Waals surface area contributed by atoms with E-state index in [9.17, 15) is 23.1 Å². The minimum Gasteiger partial charge on any atom is -0.497 e. The van der Waals surface area contributed by atoms with E-state index in [0.29, 0.717) is 60.4 Å². The number of likely N-dealkylation sites (tertiary alicyclic amines) is 1. The molecule has 0 radical (unpaired) electrons. The maximum atomic E-state index is 15.6. The summed E-state index contributed by atoms with van der Waals surface area (Å²) in [6.45, 7) is 1.77. The zero-order valence-corrected chi connectivity index (χ0v) is 22.9. The Balaban J connectivity index is 1.33. The van der Waals surface area contributed by atoms with Gasteiger partial charge in [-0.1, -0.05) is 11.6 Å². The van der Waals surface area contributed by atoms with Gasteiger partial charge in [-0.05, 0) is 81.2 Å². The highest BCUT2D eigenvalue weighted by Crippen LogP contribution is 2.42. The number of hydrogen-bond donors (Lipinski definition) is 1.